The number of amides is 1. The second-order valence-electron chi connectivity index (χ2n) is 6.27. The first-order valence-corrected chi connectivity index (χ1v) is 9.34. The molecule has 0 aromatic heterocycles. The van der Waals surface area contributed by atoms with Crippen molar-refractivity contribution in [3.05, 3.63) is 58.1 Å². The Bertz CT molecular complexity index is 986. The summed E-state index contributed by atoms with van der Waals surface area (Å²) in [4.78, 5) is 24.7. The standard InChI is InChI=1S/C21H19ClN2O5/c1-3-28-19(25)10-18-21(26)24-16-8-7-12(22)9-14(16)20(29-18)13-5-4-6-17(27-2)15(13)11-23/h4-9,18,20H,3,10H2,1-2H3,(H,24,26)/t18-,20-/m1/s1. The summed E-state index contributed by atoms with van der Waals surface area (Å²) in [6.07, 6.45) is -2.20. The number of hydrogen-bond donors (Lipinski definition) is 1. The number of nitrogens with zero attached hydrogens (tertiary/aromatic N) is 1. The van der Waals surface area contributed by atoms with E-state index in [9.17, 15) is 14.9 Å². The van der Waals surface area contributed by atoms with E-state index in [2.05, 4.69) is 11.4 Å². The van der Waals surface area contributed by atoms with Gasteiger partial charge in [0, 0.05) is 21.8 Å². The van der Waals surface area contributed by atoms with E-state index in [1.54, 1.807) is 43.3 Å². The van der Waals surface area contributed by atoms with E-state index < -0.39 is 24.1 Å². The van der Waals surface area contributed by atoms with Gasteiger partial charge in [-0.05, 0) is 31.2 Å². The van der Waals surface area contributed by atoms with Crippen molar-refractivity contribution in [1.29, 1.82) is 5.26 Å². The lowest BCUT2D eigenvalue weighted by Gasteiger charge is -2.23. The van der Waals surface area contributed by atoms with Crippen LogP contribution in [0.4, 0.5) is 5.69 Å². The number of fused-ring (bicyclic) bond motifs is 1. The first-order valence-electron chi connectivity index (χ1n) is 8.96. The van der Waals surface area contributed by atoms with Gasteiger partial charge in [-0.3, -0.25) is 9.59 Å². The monoisotopic (exact) mass is 414 g/mol. The van der Waals surface area contributed by atoms with Crippen molar-refractivity contribution in [2.45, 2.75) is 25.6 Å². The quantitative estimate of drug-likeness (QED) is 0.750. The van der Waals surface area contributed by atoms with Gasteiger partial charge in [-0.1, -0.05) is 23.7 Å². The number of esters is 1. The average molecular weight is 415 g/mol. The molecule has 8 heteroatoms. The molecule has 29 heavy (non-hydrogen) atoms. The van der Waals surface area contributed by atoms with Gasteiger partial charge in [0.25, 0.3) is 5.91 Å². The van der Waals surface area contributed by atoms with Crippen LogP contribution in [-0.2, 0) is 19.1 Å². The molecule has 3 rings (SSSR count). The van der Waals surface area contributed by atoms with E-state index in [1.165, 1.54) is 7.11 Å². The Morgan fingerprint density at radius 3 is 2.79 bits per heavy atom. The molecule has 1 aliphatic rings. The fourth-order valence-electron chi connectivity index (χ4n) is 3.19. The molecule has 1 N–H and O–H groups in total. The lowest BCUT2D eigenvalue weighted by molar-refractivity contribution is -0.150. The smallest absolute Gasteiger partial charge is 0.308 e. The molecular formula is C21H19ClN2O5. The number of carbonyl (C=O) groups excluding carboxylic acids is 2. The summed E-state index contributed by atoms with van der Waals surface area (Å²) in [5.41, 5.74) is 1.83. The molecule has 2 atom stereocenters. The molecule has 2 aromatic carbocycles. The Kier molecular flexibility index (Phi) is 6.37. The van der Waals surface area contributed by atoms with Gasteiger partial charge < -0.3 is 19.5 Å². The van der Waals surface area contributed by atoms with Gasteiger partial charge in [-0.25, -0.2) is 0 Å². The lowest BCUT2D eigenvalue weighted by Crippen LogP contribution is -2.32. The Morgan fingerprint density at radius 1 is 1.31 bits per heavy atom. The number of hydrogen-bond acceptors (Lipinski definition) is 6. The summed E-state index contributed by atoms with van der Waals surface area (Å²) in [6, 6.07) is 12.2. The van der Waals surface area contributed by atoms with Crippen LogP contribution >= 0.6 is 11.6 Å². The summed E-state index contributed by atoms with van der Waals surface area (Å²) in [6.45, 7) is 1.88. The van der Waals surface area contributed by atoms with Crippen LogP contribution in [0.3, 0.4) is 0 Å². The van der Waals surface area contributed by atoms with Crippen LogP contribution in [0.2, 0.25) is 5.02 Å². The molecule has 7 nitrogen and oxygen atoms in total. The largest absolute Gasteiger partial charge is 0.495 e. The third-order valence-electron chi connectivity index (χ3n) is 4.48. The lowest BCUT2D eigenvalue weighted by atomic mass is 9.95. The number of carbonyl (C=O) groups is 2. The number of benzene rings is 2. The third-order valence-corrected chi connectivity index (χ3v) is 4.71. The van der Waals surface area contributed by atoms with Crippen molar-refractivity contribution in [3.63, 3.8) is 0 Å². The number of methoxy groups -OCH3 is 1. The van der Waals surface area contributed by atoms with E-state index in [-0.39, 0.29) is 18.6 Å². The van der Waals surface area contributed by atoms with Gasteiger partial charge in [0.15, 0.2) is 0 Å². The predicted molar refractivity (Wildman–Crippen MR) is 106 cm³/mol. The SMILES string of the molecule is CCOC(=O)C[C@H]1O[C@H](c2cccc(OC)c2C#N)c2cc(Cl)ccc2NC1=O. The van der Waals surface area contributed by atoms with Gasteiger partial charge in [0.05, 0.1) is 20.1 Å². The molecule has 150 valence electrons. The molecule has 1 aliphatic heterocycles. The number of nitriles is 1. The van der Waals surface area contributed by atoms with Gasteiger partial charge in [-0.2, -0.15) is 5.26 Å². The van der Waals surface area contributed by atoms with Crippen molar-refractivity contribution in [1.82, 2.24) is 0 Å². The summed E-state index contributed by atoms with van der Waals surface area (Å²) in [5.74, 6) is -0.658. The third kappa shape index (κ3) is 4.34. The Hall–Kier alpha value is -3.08. The molecule has 0 radical (unpaired) electrons. The van der Waals surface area contributed by atoms with E-state index in [4.69, 9.17) is 25.8 Å². The highest BCUT2D eigenvalue weighted by Gasteiger charge is 2.35. The molecule has 1 heterocycles. The molecule has 0 saturated heterocycles. The van der Waals surface area contributed by atoms with Crippen LogP contribution in [0.1, 0.15) is 36.1 Å². The first kappa shape index (κ1) is 20.6. The van der Waals surface area contributed by atoms with Crippen molar-refractivity contribution in [2.75, 3.05) is 19.0 Å². The maximum Gasteiger partial charge on any atom is 0.308 e. The first-order chi connectivity index (χ1) is 14.0. The number of ether oxygens (including phenoxy) is 3. The summed E-state index contributed by atoms with van der Waals surface area (Å²) in [7, 11) is 1.47. The van der Waals surface area contributed by atoms with Crippen molar-refractivity contribution < 1.29 is 23.8 Å². The van der Waals surface area contributed by atoms with E-state index in [0.717, 1.165) is 0 Å². The Labute approximate surface area is 173 Å². The van der Waals surface area contributed by atoms with E-state index in [0.29, 0.717) is 27.6 Å². The van der Waals surface area contributed by atoms with Crippen molar-refractivity contribution >= 4 is 29.2 Å². The highest BCUT2D eigenvalue weighted by atomic mass is 35.5. The zero-order valence-corrected chi connectivity index (χ0v) is 16.7. The fourth-order valence-corrected chi connectivity index (χ4v) is 3.37. The molecule has 0 fully saturated rings. The highest BCUT2D eigenvalue weighted by molar-refractivity contribution is 6.30. The predicted octanol–water partition coefficient (Wildman–Crippen LogP) is 3.60. The second kappa shape index (κ2) is 8.95. The minimum atomic E-state index is -1.11. The van der Waals surface area contributed by atoms with E-state index >= 15 is 0 Å². The van der Waals surface area contributed by atoms with Crippen LogP contribution in [0.25, 0.3) is 0 Å². The zero-order chi connectivity index (χ0) is 21.0. The maximum absolute atomic E-state index is 12.7. The molecule has 0 unspecified atom stereocenters. The summed E-state index contributed by atoms with van der Waals surface area (Å²) >= 11 is 6.18. The molecule has 1 amide bonds. The normalized spacial score (nSPS) is 18.1. The maximum atomic E-state index is 12.7. The van der Waals surface area contributed by atoms with E-state index in [1.807, 2.05) is 0 Å². The molecule has 0 bridgehead atoms. The van der Waals surface area contributed by atoms with Crippen LogP contribution in [-0.4, -0.2) is 31.7 Å². The minimum absolute atomic E-state index is 0.195. The Morgan fingerprint density at radius 2 is 2.10 bits per heavy atom. The number of nitrogens with one attached hydrogen (secondary N) is 1. The topological polar surface area (TPSA) is 97.7 Å². The zero-order valence-electron chi connectivity index (χ0n) is 15.9. The minimum Gasteiger partial charge on any atom is -0.495 e. The van der Waals surface area contributed by atoms with Gasteiger partial charge in [0.1, 0.15) is 29.6 Å². The number of halogens is 1. The van der Waals surface area contributed by atoms with Gasteiger partial charge in [-0.15, -0.1) is 0 Å². The van der Waals surface area contributed by atoms with Crippen LogP contribution in [0, 0.1) is 11.3 Å². The highest BCUT2D eigenvalue weighted by Crippen LogP contribution is 2.40. The molecular weight excluding hydrogens is 396 g/mol. The van der Waals surface area contributed by atoms with Crippen molar-refractivity contribution in [3.8, 4) is 11.8 Å². The number of rotatable bonds is 5. The molecule has 0 spiro atoms. The summed E-state index contributed by atoms with van der Waals surface area (Å²) in [5, 5.41) is 12.9. The molecule has 0 aliphatic carbocycles. The Balaban J connectivity index is 2.12. The summed E-state index contributed by atoms with van der Waals surface area (Å²) < 4.78 is 16.3. The van der Waals surface area contributed by atoms with Crippen LogP contribution in [0.5, 0.6) is 5.75 Å². The van der Waals surface area contributed by atoms with Gasteiger partial charge in [0.2, 0.25) is 0 Å². The fraction of sp³-hybridized carbons (Fsp3) is 0.286. The average Bonchev–Trinajstić information content (AvgIpc) is 2.84. The number of anilines is 1. The van der Waals surface area contributed by atoms with Gasteiger partial charge >= 0.3 is 5.97 Å². The second-order valence-corrected chi connectivity index (χ2v) is 6.71. The van der Waals surface area contributed by atoms with Crippen LogP contribution < -0.4 is 10.1 Å². The molecule has 0 saturated carbocycles. The van der Waals surface area contributed by atoms with Crippen molar-refractivity contribution in [2.24, 2.45) is 0 Å². The van der Waals surface area contributed by atoms with Crippen LogP contribution in [0.15, 0.2) is 36.4 Å². The molecule has 2 aromatic rings.